The van der Waals surface area contributed by atoms with Crippen molar-refractivity contribution in [3.8, 4) is 0 Å². The number of para-hydroxylation sites is 1. The van der Waals surface area contributed by atoms with Crippen LogP contribution < -0.4 is 10.6 Å². The topological polar surface area (TPSA) is 78.4 Å². The zero-order chi connectivity index (χ0) is 13.5. The fourth-order valence-electron chi connectivity index (χ4n) is 1.22. The summed E-state index contributed by atoms with van der Waals surface area (Å²) in [4.78, 5) is 21.7. The Hall–Kier alpha value is -1.46. The lowest BCUT2D eigenvalue weighted by Gasteiger charge is -2.09. The third-order valence-corrected chi connectivity index (χ3v) is 2.68. The Kier molecular flexibility index (Phi) is 5.74. The molecule has 1 aromatic rings. The summed E-state index contributed by atoms with van der Waals surface area (Å²) in [6.45, 7) is 0.264. The Morgan fingerprint density at radius 3 is 2.39 bits per heavy atom. The molecule has 0 unspecified atom stereocenters. The normalized spacial score (nSPS) is 9.89. The Balaban J connectivity index is 2.43. The largest absolute Gasteiger partial charge is 0.481 e. The van der Waals surface area contributed by atoms with Crippen LogP contribution in [-0.2, 0) is 4.79 Å². The third-order valence-electron chi connectivity index (χ3n) is 2.05. The minimum Gasteiger partial charge on any atom is -0.481 e. The van der Waals surface area contributed by atoms with Crippen LogP contribution in [0.15, 0.2) is 18.2 Å². The number of carboxylic acids is 1. The lowest BCUT2D eigenvalue weighted by molar-refractivity contribution is -0.137. The van der Waals surface area contributed by atoms with E-state index in [1.54, 1.807) is 18.2 Å². The average molecular weight is 291 g/mol. The maximum Gasteiger partial charge on any atom is 0.319 e. The van der Waals surface area contributed by atoms with Gasteiger partial charge >= 0.3 is 12.0 Å². The predicted molar refractivity (Wildman–Crippen MR) is 70.4 cm³/mol. The molecule has 0 heterocycles. The van der Waals surface area contributed by atoms with E-state index in [9.17, 15) is 9.59 Å². The van der Waals surface area contributed by atoms with Gasteiger partial charge in [0.05, 0.1) is 15.7 Å². The van der Waals surface area contributed by atoms with E-state index >= 15 is 0 Å². The second-order valence-corrected chi connectivity index (χ2v) is 4.29. The molecule has 0 spiro atoms. The van der Waals surface area contributed by atoms with Gasteiger partial charge in [0.2, 0.25) is 0 Å². The highest BCUT2D eigenvalue weighted by atomic mass is 35.5. The minimum atomic E-state index is -0.897. The van der Waals surface area contributed by atoms with E-state index in [4.69, 9.17) is 28.3 Å². The van der Waals surface area contributed by atoms with E-state index < -0.39 is 12.0 Å². The van der Waals surface area contributed by atoms with Crippen LogP contribution in [0, 0.1) is 0 Å². The molecule has 0 aliphatic heterocycles. The molecule has 1 rings (SSSR count). The number of carboxylic acid groups (broad SMARTS) is 1. The Bertz CT molecular complexity index is 432. The summed E-state index contributed by atoms with van der Waals surface area (Å²) in [5, 5.41) is 14.1. The van der Waals surface area contributed by atoms with Gasteiger partial charge in [0.15, 0.2) is 0 Å². The lowest BCUT2D eigenvalue weighted by Crippen LogP contribution is -2.30. The maximum atomic E-state index is 11.5. The highest BCUT2D eigenvalue weighted by Crippen LogP contribution is 2.29. The molecule has 0 saturated heterocycles. The van der Waals surface area contributed by atoms with Crippen molar-refractivity contribution in [1.29, 1.82) is 0 Å². The van der Waals surface area contributed by atoms with Crippen LogP contribution in [0.1, 0.15) is 12.8 Å². The SMILES string of the molecule is O=C(O)CCCNC(=O)Nc1c(Cl)cccc1Cl. The quantitative estimate of drug-likeness (QED) is 0.730. The van der Waals surface area contributed by atoms with Crippen molar-refractivity contribution in [1.82, 2.24) is 5.32 Å². The van der Waals surface area contributed by atoms with Crippen molar-refractivity contribution in [3.05, 3.63) is 28.2 Å². The molecule has 0 aliphatic rings. The summed E-state index contributed by atoms with van der Waals surface area (Å²) < 4.78 is 0. The molecule has 98 valence electrons. The Morgan fingerprint density at radius 1 is 1.22 bits per heavy atom. The van der Waals surface area contributed by atoms with Crippen molar-refractivity contribution < 1.29 is 14.7 Å². The minimum absolute atomic E-state index is 0.00707. The molecule has 18 heavy (non-hydrogen) atoms. The van der Waals surface area contributed by atoms with Gasteiger partial charge in [-0.25, -0.2) is 4.79 Å². The van der Waals surface area contributed by atoms with Crippen LogP contribution in [0.3, 0.4) is 0 Å². The van der Waals surface area contributed by atoms with E-state index in [-0.39, 0.29) is 13.0 Å². The van der Waals surface area contributed by atoms with Crippen LogP contribution in [0.5, 0.6) is 0 Å². The first-order chi connectivity index (χ1) is 8.50. The number of hydrogen-bond acceptors (Lipinski definition) is 2. The van der Waals surface area contributed by atoms with Gasteiger partial charge in [-0.1, -0.05) is 29.3 Å². The molecule has 0 fully saturated rings. The predicted octanol–water partition coefficient (Wildman–Crippen LogP) is 2.98. The second kappa shape index (κ2) is 7.08. The third kappa shape index (κ3) is 4.81. The number of carbonyl (C=O) groups is 2. The number of amides is 2. The molecule has 0 aliphatic carbocycles. The van der Waals surface area contributed by atoms with E-state index in [0.717, 1.165) is 0 Å². The van der Waals surface area contributed by atoms with Gasteiger partial charge in [-0.05, 0) is 18.6 Å². The van der Waals surface area contributed by atoms with E-state index in [1.165, 1.54) is 0 Å². The molecule has 1 aromatic carbocycles. The number of halogens is 2. The summed E-state index contributed by atoms with van der Waals surface area (Å²) >= 11 is 11.7. The number of benzene rings is 1. The monoisotopic (exact) mass is 290 g/mol. The van der Waals surface area contributed by atoms with Gasteiger partial charge in [-0.2, -0.15) is 0 Å². The second-order valence-electron chi connectivity index (χ2n) is 3.47. The van der Waals surface area contributed by atoms with Gasteiger partial charge in [0.25, 0.3) is 0 Å². The van der Waals surface area contributed by atoms with Crippen LogP contribution in [0.25, 0.3) is 0 Å². The molecule has 0 bridgehead atoms. The zero-order valence-corrected chi connectivity index (χ0v) is 10.9. The summed E-state index contributed by atoms with van der Waals surface area (Å²) in [5.74, 6) is -0.897. The lowest BCUT2D eigenvalue weighted by atomic mass is 10.3. The molecule has 0 radical (unpaired) electrons. The average Bonchev–Trinajstić information content (AvgIpc) is 2.29. The molecular formula is C11H12Cl2N2O3. The number of urea groups is 1. The molecule has 2 amide bonds. The molecular weight excluding hydrogens is 279 g/mol. The molecule has 3 N–H and O–H groups in total. The fourth-order valence-corrected chi connectivity index (χ4v) is 1.71. The maximum absolute atomic E-state index is 11.5. The van der Waals surface area contributed by atoms with Gasteiger partial charge in [0.1, 0.15) is 0 Å². The first kappa shape index (κ1) is 14.6. The Morgan fingerprint density at radius 2 is 1.83 bits per heavy atom. The van der Waals surface area contributed by atoms with Crippen molar-refractivity contribution in [2.24, 2.45) is 0 Å². The number of rotatable bonds is 5. The van der Waals surface area contributed by atoms with E-state index in [0.29, 0.717) is 22.2 Å². The van der Waals surface area contributed by atoms with E-state index in [1.807, 2.05) is 0 Å². The summed E-state index contributed by atoms with van der Waals surface area (Å²) in [6, 6.07) is 4.40. The standard InChI is InChI=1S/C11H12Cl2N2O3/c12-7-3-1-4-8(13)10(7)15-11(18)14-6-2-5-9(16)17/h1,3-4H,2,5-6H2,(H,16,17)(H2,14,15,18). The number of nitrogens with one attached hydrogen (secondary N) is 2. The van der Waals surface area contributed by atoms with Crippen LogP contribution in [-0.4, -0.2) is 23.7 Å². The van der Waals surface area contributed by atoms with Crippen molar-refractivity contribution in [2.45, 2.75) is 12.8 Å². The number of aliphatic carboxylic acids is 1. The summed E-state index contributed by atoms with van der Waals surface area (Å²) in [7, 11) is 0. The molecule has 0 saturated carbocycles. The number of carbonyl (C=O) groups excluding carboxylic acids is 1. The van der Waals surface area contributed by atoms with Crippen LogP contribution in [0.2, 0.25) is 10.0 Å². The molecule has 0 atom stereocenters. The van der Waals surface area contributed by atoms with Gasteiger partial charge in [-0.3, -0.25) is 4.79 Å². The Labute approximate surface area is 114 Å². The van der Waals surface area contributed by atoms with Crippen LogP contribution >= 0.6 is 23.2 Å². The molecule has 7 heteroatoms. The zero-order valence-electron chi connectivity index (χ0n) is 9.37. The van der Waals surface area contributed by atoms with Gasteiger partial charge in [0, 0.05) is 13.0 Å². The molecule has 5 nitrogen and oxygen atoms in total. The number of hydrogen-bond donors (Lipinski definition) is 3. The summed E-state index contributed by atoms with van der Waals surface area (Å²) in [6.07, 6.45) is 0.367. The van der Waals surface area contributed by atoms with Crippen molar-refractivity contribution in [2.75, 3.05) is 11.9 Å². The highest BCUT2D eigenvalue weighted by molar-refractivity contribution is 6.39. The van der Waals surface area contributed by atoms with Crippen molar-refractivity contribution in [3.63, 3.8) is 0 Å². The van der Waals surface area contributed by atoms with Crippen LogP contribution in [0.4, 0.5) is 10.5 Å². The first-order valence-corrected chi connectivity index (χ1v) is 5.97. The smallest absolute Gasteiger partial charge is 0.319 e. The van der Waals surface area contributed by atoms with Crippen molar-refractivity contribution >= 4 is 40.9 Å². The molecule has 0 aromatic heterocycles. The summed E-state index contributed by atoms with van der Waals surface area (Å²) in [5.41, 5.74) is 0.330. The van der Waals surface area contributed by atoms with E-state index in [2.05, 4.69) is 10.6 Å². The fraction of sp³-hybridized carbons (Fsp3) is 0.273. The first-order valence-electron chi connectivity index (χ1n) is 5.21. The highest BCUT2D eigenvalue weighted by Gasteiger charge is 2.08. The van der Waals surface area contributed by atoms with Gasteiger partial charge < -0.3 is 15.7 Å². The van der Waals surface area contributed by atoms with Gasteiger partial charge in [-0.15, -0.1) is 0 Å². The number of anilines is 1.